The third-order valence-corrected chi connectivity index (χ3v) is 4.32. The summed E-state index contributed by atoms with van der Waals surface area (Å²) in [6.45, 7) is 1.92. The molecule has 0 aromatic heterocycles. The number of hydrogen-bond donors (Lipinski definition) is 2. The lowest BCUT2D eigenvalue weighted by atomic mass is 10.1. The van der Waals surface area contributed by atoms with Gasteiger partial charge in [0.25, 0.3) is 5.91 Å². The number of para-hydroxylation sites is 1. The molecular formula is C20H22N2O3. The number of amides is 2. The second-order valence-electron chi connectivity index (χ2n) is 6.28. The van der Waals surface area contributed by atoms with E-state index in [1.165, 1.54) is 0 Å². The zero-order chi connectivity index (χ0) is 17.8. The normalized spacial score (nSPS) is 14.5. The Kier molecular flexibility index (Phi) is 5.03. The fourth-order valence-corrected chi connectivity index (χ4v) is 2.68. The van der Waals surface area contributed by atoms with E-state index in [-0.39, 0.29) is 23.8 Å². The molecule has 5 nitrogen and oxygen atoms in total. The summed E-state index contributed by atoms with van der Waals surface area (Å²) >= 11 is 0. The monoisotopic (exact) mass is 338 g/mol. The van der Waals surface area contributed by atoms with Crippen LogP contribution in [-0.2, 0) is 4.79 Å². The van der Waals surface area contributed by atoms with E-state index >= 15 is 0 Å². The van der Waals surface area contributed by atoms with Gasteiger partial charge in [-0.1, -0.05) is 18.2 Å². The number of rotatable bonds is 6. The van der Waals surface area contributed by atoms with Gasteiger partial charge in [0.2, 0.25) is 5.91 Å². The van der Waals surface area contributed by atoms with Gasteiger partial charge in [0.05, 0.1) is 13.2 Å². The number of methoxy groups -OCH3 is 1. The maximum absolute atomic E-state index is 12.4. The van der Waals surface area contributed by atoms with Crippen molar-refractivity contribution >= 4 is 17.5 Å². The average molecular weight is 338 g/mol. The summed E-state index contributed by atoms with van der Waals surface area (Å²) in [6, 6.07) is 14.4. The topological polar surface area (TPSA) is 67.4 Å². The van der Waals surface area contributed by atoms with E-state index in [0.717, 1.165) is 24.2 Å². The van der Waals surface area contributed by atoms with Crippen LogP contribution in [0.25, 0.3) is 0 Å². The molecule has 0 heterocycles. The maximum atomic E-state index is 12.4. The number of carbonyl (C=O) groups is 2. The largest absolute Gasteiger partial charge is 0.496 e. The minimum absolute atomic E-state index is 0.0574. The lowest BCUT2D eigenvalue weighted by molar-refractivity contribution is -0.117. The summed E-state index contributed by atoms with van der Waals surface area (Å²) < 4.78 is 5.34. The van der Waals surface area contributed by atoms with Gasteiger partial charge in [0.15, 0.2) is 0 Å². The molecule has 0 saturated heterocycles. The highest BCUT2D eigenvalue weighted by Crippen LogP contribution is 2.30. The predicted molar refractivity (Wildman–Crippen MR) is 96.7 cm³/mol. The molecule has 1 fully saturated rings. The summed E-state index contributed by atoms with van der Waals surface area (Å²) in [7, 11) is 1.61. The van der Waals surface area contributed by atoms with Crippen molar-refractivity contribution in [3.8, 4) is 5.75 Å². The van der Waals surface area contributed by atoms with Gasteiger partial charge in [0, 0.05) is 22.7 Å². The summed E-state index contributed by atoms with van der Waals surface area (Å²) in [5, 5.41) is 5.83. The van der Waals surface area contributed by atoms with Gasteiger partial charge in [-0.15, -0.1) is 0 Å². The molecule has 25 heavy (non-hydrogen) atoms. The highest BCUT2D eigenvalue weighted by Gasteiger charge is 2.29. The molecular weight excluding hydrogens is 316 g/mol. The van der Waals surface area contributed by atoms with Gasteiger partial charge in [0.1, 0.15) is 5.75 Å². The van der Waals surface area contributed by atoms with Crippen LogP contribution in [0.3, 0.4) is 0 Å². The summed E-state index contributed by atoms with van der Waals surface area (Å²) in [5.74, 6) is 0.790. The van der Waals surface area contributed by atoms with Crippen LogP contribution in [0.1, 0.15) is 41.7 Å². The lowest BCUT2D eigenvalue weighted by Gasteiger charge is -2.17. The first-order chi connectivity index (χ1) is 12.1. The molecule has 0 bridgehead atoms. The molecule has 130 valence electrons. The first-order valence-electron chi connectivity index (χ1n) is 8.43. The molecule has 1 saturated carbocycles. The second-order valence-corrected chi connectivity index (χ2v) is 6.28. The number of carbonyl (C=O) groups excluding carboxylic acids is 2. The summed E-state index contributed by atoms with van der Waals surface area (Å²) in [4.78, 5) is 24.2. The van der Waals surface area contributed by atoms with E-state index in [1.54, 1.807) is 31.4 Å². The van der Waals surface area contributed by atoms with Crippen LogP contribution in [0.2, 0.25) is 0 Å². The van der Waals surface area contributed by atoms with Gasteiger partial charge < -0.3 is 15.4 Å². The van der Waals surface area contributed by atoms with E-state index in [1.807, 2.05) is 31.2 Å². The molecule has 2 N–H and O–H groups in total. The van der Waals surface area contributed by atoms with E-state index in [0.29, 0.717) is 11.3 Å². The van der Waals surface area contributed by atoms with Gasteiger partial charge in [-0.3, -0.25) is 9.59 Å². The molecule has 0 aliphatic heterocycles. The Bertz CT molecular complexity index is 767. The van der Waals surface area contributed by atoms with Crippen molar-refractivity contribution in [3.05, 3.63) is 59.7 Å². The van der Waals surface area contributed by atoms with E-state index in [2.05, 4.69) is 10.6 Å². The predicted octanol–water partition coefficient (Wildman–Crippen LogP) is 3.53. The molecule has 0 unspecified atom stereocenters. The number of ether oxygens (including phenoxy) is 1. The summed E-state index contributed by atoms with van der Waals surface area (Å²) in [6.07, 6.45) is 1.93. The van der Waals surface area contributed by atoms with Crippen LogP contribution in [0.5, 0.6) is 5.75 Å². The quantitative estimate of drug-likeness (QED) is 0.846. The zero-order valence-electron chi connectivity index (χ0n) is 14.4. The van der Waals surface area contributed by atoms with Crippen LogP contribution in [-0.4, -0.2) is 18.9 Å². The highest BCUT2D eigenvalue weighted by molar-refractivity contribution is 5.97. The second kappa shape index (κ2) is 7.38. The number of nitrogens with one attached hydrogen (secondary N) is 2. The zero-order valence-corrected chi connectivity index (χ0v) is 14.4. The Morgan fingerprint density at radius 1 is 1.08 bits per heavy atom. The number of anilines is 1. The number of hydrogen-bond acceptors (Lipinski definition) is 3. The van der Waals surface area contributed by atoms with Crippen molar-refractivity contribution in [1.29, 1.82) is 0 Å². The fourth-order valence-electron chi connectivity index (χ4n) is 2.68. The Morgan fingerprint density at radius 2 is 1.76 bits per heavy atom. The molecule has 5 heteroatoms. The number of benzene rings is 2. The molecule has 1 atom stereocenters. The minimum atomic E-state index is -0.183. The Labute approximate surface area is 147 Å². The van der Waals surface area contributed by atoms with E-state index in [9.17, 15) is 9.59 Å². The highest BCUT2D eigenvalue weighted by atomic mass is 16.5. The molecule has 0 spiro atoms. The van der Waals surface area contributed by atoms with Gasteiger partial charge in [-0.2, -0.15) is 0 Å². The van der Waals surface area contributed by atoms with Crippen molar-refractivity contribution in [2.75, 3.05) is 12.4 Å². The lowest BCUT2D eigenvalue weighted by Crippen LogP contribution is -2.27. The van der Waals surface area contributed by atoms with Crippen molar-refractivity contribution in [2.45, 2.75) is 25.8 Å². The van der Waals surface area contributed by atoms with Crippen LogP contribution < -0.4 is 15.4 Å². The Hall–Kier alpha value is -2.82. The molecule has 2 amide bonds. The fraction of sp³-hybridized carbons (Fsp3) is 0.300. The van der Waals surface area contributed by atoms with Crippen molar-refractivity contribution in [3.63, 3.8) is 0 Å². The van der Waals surface area contributed by atoms with Crippen LogP contribution >= 0.6 is 0 Å². The van der Waals surface area contributed by atoms with E-state index < -0.39 is 0 Å². The van der Waals surface area contributed by atoms with Gasteiger partial charge in [-0.25, -0.2) is 0 Å². The van der Waals surface area contributed by atoms with Crippen LogP contribution in [0, 0.1) is 5.92 Å². The maximum Gasteiger partial charge on any atom is 0.251 e. The van der Waals surface area contributed by atoms with E-state index in [4.69, 9.17) is 4.74 Å². The SMILES string of the molecule is COc1ccccc1[C@@H](C)NC(=O)c1ccc(NC(=O)C2CC2)cc1. The Morgan fingerprint density at radius 3 is 2.40 bits per heavy atom. The summed E-state index contributed by atoms with van der Waals surface area (Å²) in [5.41, 5.74) is 2.18. The average Bonchev–Trinajstić information content (AvgIpc) is 3.47. The minimum Gasteiger partial charge on any atom is -0.496 e. The molecule has 0 radical (unpaired) electrons. The first kappa shape index (κ1) is 17.0. The van der Waals surface area contributed by atoms with Gasteiger partial charge >= 0.3 is 0 Å². The van der Waals surface area contributed by atoms with Crippen LogP contribution in [0.15, 0.2) is 48.5 Å². The van der Waals surface area contributed by atoms with Crippen molar-refractivity contribution in [2.24, 2.45) is 5.92 Å². The third kappa shape index (κ3) is 4.18. The first-order valence-corrected chi connectivity index (χ1v) is 8.43. The van der Waals surface area contributed by atoms with Crippen molar-refractivity contribution < 1.29 is 14.3 Å². The standard InChI is InChI=1S/C20H22N2O3/c1-13(17-5-3-4-6-18(17)25-2)21-19(23)15-9-11-16(12-10-15)22-20(24)14-7-8-14/h3-6,9-14H,7-8H2,1-2H3,(H,21,23)(H,22,24)/t13-/m1/s1. The molecule has 2 aromatic carbocycles. The Balaban J connectivity index is 1.63. The smallest absolute Gasteiger partial charge is 0.251 e. The molecule has 3 rings (SSSR count). The molecule has 1 aliphatic carbocycles. The molecule has 2 aromatic rings. The van der Waals surface area contributed by atoms with Crippen LogP contribution in [0.4, 0.5) is 5.69 Å². The van der Waals surface area contributed by atoms with Crippen molar-refractivity contribution in [1.82, 2.24) is 5.32 Å². The third-order valence-electron chi connectivity index (χ3n) is 4.32. The van der Waals surface area contributed by atoms with Gasteiger partial charge in [-0.05, 0) is 50.1 Å². The molecule has 1 aliphatic rings.